The molecule has 0 aliphatic heterocycles. The molecule has 4 aromatic rings. The van der Waals surface area contributed by atoms with Crippen molar-refractivity contribution in [3.63, 3.8) is 0 Å². The van der Waals surface area contributed by atoms with Gasteiger partial charge in [0.2, 0.25) is 5.91 Å². The quantitative estimate of drug-likeness (QED) is 0.527. The Balaban J connectivity index is 1.95. The Hall–Kier alpha value is -3.84. The molecule has 3 heterocycles. The summed E-state index contributed by atoms with van der Waals surface area (Å²) in [6.45, 7) is -0.0491. The first-order chi connectivity index (χ1) is 14.7. The number of carbonyl (C=O) groups is 1. The van der Waals surface area contributed by atoms with E-state index in [0.717, 1.165) is 33.4 Å². The number of hydrogen-bond donors (Lipinski definition) is 1. The van der Waals surface area contributed by atoms with Crippen LogP contribution in [0.25, 0.3) is 33.4 Å². The summed E-state index contributed by atoms with van der Waals surface area (Å²) in [5, 5.41) is 3.67. The summed E-state index contributed by atoms with van der Waals surface area (Å²) in [6, 6.07) is 15.2. The standard InChI is InChI=1S/C23H20N4O3/c1-29-14-23(28)27-21-11-17-16(18-7-3-4-9-25-18)10-19(15-6-5-8-24-13-15)26-20(17)12-22(21)30-2/h3-13H,14H2,1-2H3,(H,27,28). The van der Waals surface area contributed by atoms with Crippen LogP contribution in [0.4, 0.5) is 5.69 Å². The smallest absolute Gasteiger partial charge is 0.250 e. The molecule has 0 unspecified atom stereocenters. The monoisotopic (exact) mass is 400 g/mol. The predicted molar refractivity (Wildman–Crippen MR) is 115 cm³/mol. The van der Waals surface area contributed by atoms with Crippen molar-refractivity contribution in [3.05, 3.63) is 67.1 Å². The van der Waals surface area contributed by atoms with Crippen LogP contribution in [0.3, 0.4) is 0 Å². The van der Waals surface area contributed by atoms with Crippen molar-refractivity contribution in [1.82, 2.24) is 15.0 Å². The molecule has 7 nitrogen and oxygen atoms in total. The summed E-state index contributed by atoms with van der Waals surface area (Å²) in [4.78, 5) is 25.6. The Morgan fingerprint density at radius 3 is 2.63 bits per heavy atom. The maximum absolute atomic E-state index is 12.1. The van der Waals surface area contributed by atoms with Gasteiger partial charge in [-0.25, -0.2) is 4.98 Å². The van der Waals surface area contributed by atoms with E-state index in [1.807, 2.05) is 48.5 Å². The summed E-state index contributed by atoms with van der Waals surface area (Å²) >= 11 is 0. The number of pyridine rings is 3. The van der Waals surface area contributed by atoms with E-state index < -0.39 is 0 Å². The van der Waals surface area contributed by atoms with Crippen LogP contribution in [0.5, 0.6) is 5.75 Å². The molecular weight excluding hydrogens is 380 g/mol. The van der Waals surface area contributed by atoms with E-state index in [1.165, 1.54) is 7.11 Å². The third-order valence-electron chi connectivity index (χ3n) is 4.58. The Labute approximate surface area is 173 Å². The summed E-state index contributed by atoms with van der Waals surface area (Å²) < 4.78 is 10.4. The second-order valence-electron chi connectivity index (χ2n) is 6.56. The largest absolute Gasteiger partial charge is 0.494 e. The Bertz CT molecular complexity index is 1180. The second kappa shape index (κ2) is 8.67. The molecule has 0 fully saturated rings. The zero-order valence-corrected chi connectivity index (χ0v) is 16.6. The lowest BCUT2D eigenvalue weighted by Gasteiger charge is -2.15. The first-order valence-corrected chi connectivity index (χ1v) is 9.33. The fourth-order valence-electron chi connectivity index (χ4n) is 3.23. The lowest BCUT2D eigenvalue weighted by atomic mass is 10.0. The third kappa shape index (κ3) is 3.97. The fourth-order valence-corrected chi connectivity index (χ4v) is 3.23. The number of aromatic nitrogens is 3. The Morgan fingerprint density at radius 1 is 1.03 bits per heavy atom. The van der Waals surface area contributed by atoms with Crippen molar-refractivity contribution < 1.29 is 14.3 Å². The van der Waals surface area contributed by atoms with Crippen molar-refractivity contribution in [2.24, 2.45) is 0 Å². The van der Waals surface area contributed by atoms with Gasteiger partial charge in [0.25, 0.3) is 0 Å². The molecule has 4 rings (SSSR count). The highest BCUT2D eigenvalue weighted by molar-refractivity contribution is 6.02. The number of benzene rings is 1. The highest BCUT2D eigenvalue weighted by Crippen LogP contribution is 2.36. The molecule has 7 heteroatoms. The van der Waals surface area contributed by atoms with Gasteiger partial charge in [0.05, 0.1) is 29.7 Å². The van der Waals surface area contributed by atoms with Crippen molar-refractivity contribution in [2.75, 3.05) is 26.1 Å². The Kier molecular flexibility index (Phi) is 5.63. The van der Waals surface area contributed by atoms with Crippen LogP contribution in [-0.2, 0) is 9.53 Å². The Morgan fingerprint density at radius 2 is 1.93 bits per heavy atom. The maximum Gasteiger partial charge on any atom is 0.250 e. The van der Waals surface area contributed by atoms with Gasteiger partial charge >= 0.3 is 0 Å². The van der Waals surface area contributed by atoms with Gasteiger partial charge in [0.1, 0.15) is 12.4 Å². The number of nitrogens with zero attached hydrogens (tertiary/aromatic N) is 3. The third-order valence-corrected chi connectivity index (χ3v) is 4.58. The van der Waals surface area contributed by atoms with Crippen molar-refractivity contribution >= 4 is 22.5 Å². The van der Waals surface area contributed by atoms with Gasteiger partial charge in [-0.1, -0.05) is 6.07 Å². The van der Waals surface area contributed by atoms with E-state index in [9.17, 15) is 4.79 Å². The molecule has 0 radical (unpaired) electrons. The number of amides is 1. The van der Waals surface area contributed by atoms with Crippen LogP contribution in [0.2, 0.25) is 0 Å². The van der Waals surface area contributed by atoms with E-state index in [0.29, 0.717) is 11.4 Å². The molecule has 1 N–H and O–H groups in total. The minimum Gasteiger partial charge on any atom is -0.494 e. The molecular formula is C23H20N4O3. The number of hydrogen-bond acceptors (Lipinski definition) is 6. The van der Waals surface area contributed by atoms with Crippen LogP contribution in [0, 0.1) is 0 Å². The molecule has 0 aliphatic rings. The van der Waals surface area contributed by atoms with Crippen LogP contribution in [0.1, 0.15) is 0 Å². The minimum atomic E-state index is -0.269. The van der Waals surface area contributed by atoms with Crippen LogP contribution in [0.15, 0.2) is 67.1 Å². The number of carbonyl (C=O) groups excluding carboxylic acids is 1. The van der Waals surface area contributed by atoms with Gasteiger partial charge in [-0.2, -0.15) is 0 Å². The van der Waals surface area contributed by atoms with Crippen molar-refractivity contribution in [1.29, 1.82) is 0 Å². The molecule has 0 saturated carbocycles. The van der Waals surface area contributed by atoms with Gasteiger partial charge < -0.3 is 14.8 Å². The van der Waals surface area contributed by atoms with Crippen LogP contribution >= 0.6 is 0 Å². The lowest BCUT2D eigenvalue weighted by Crippen LogP contribution is -2.17. The molecule has 0 spiro atoms. The normalized spacial score (nSPS) is 10.7. The summed E-state index contributed by atoms with van der Waals surface area (Å²) in [5.41, 5.74) is 4.62. The maximum atomic E-state index is 12.1. The van der Waals surface area contributed by atoms with Crippen molar-refractivity contribution in [3.8, 4) is 28.3 Å². The average Bonchev–Trinajstić information content (AvgIpc) is 2.79. The van der Waals surface area contributed by atoms with E-state index >= 15 is 0 Å². The zero-order valence-electron chi connectivity index (χ0n) is 16.6. The number of fused-ring (bicyclic) bond motifs is 1. The molecule has 0 bridgehead atoms. The minimum absolute atomic E-state index is 0.0491. The number of anilines is 1. The molecule has 0 aliphatic carbocycles. The zero-order chi connectivity index (χ0) is 20.9. The highest BCUT2D eigenvalue weighted by atomic mass is 16.5. The first-order valence-electron chi connectivity index (χ1n) is 9.33. The highest BCUT2D eigenvalue weighted by Gasteiger charge is 2.15. The number of nitrogens with one attached hydrogen (secondary N) is 1. The molecule has 3 aromatic heterocycles. The van der Waals surface area contributed by atoms with Gasteiger partial charge in [-0.3, -0.25) is 14.8 Å². The predicted octanol–water partition coefficient (Wildman–Crippen LogP) is 3.95. The van der Waals surface area contributed by atoms with Gasteiger partial charge in [0, 0.05) is 48.3 Å². The first kappa shape index (κ1) is 19.5. The molecule has 30 heavy (non-hydrogen) atoms. The fraction of sp³-hybridized carbons (Fsp3) is 0.130. The SMILES string of the molecule is COCC(=O)Nc1cc2c(-c3ccccn3)cc(-c3cccnc3)nc2cc1OC. The second-order valence-corrected chi connectivity index (χ2v) is 6.56. The van der Waals surface area contributed by atoms with Crippen LogP contribution in [-0.4, -0.2) is 41.7 Å². The van der Waals surface area contributed by atoms with E-state index in [-0.39, 0.29) is 12.5 Å². The molecule has 0 saturated heterocycles. The van der Waals surface area contributed by atoms with Crippen LogP contribution < -0.4 is 10.1 Å². The van der Waals surface area contributed by atoms with Crippen molar-refractivity contribution in [2.45, 2.75) is 0 Å². The summed E-state index contributed by atoms with van der Waals surface area (Å²) in [6.07, 6.45) is 5.24. The number of methoxy groups -OCH3 is 2. The number of rotatable bonds is 6. The molecule has 1 aromatic carbocycles. The average molecular weight is 400 g/mol. The van der Waals surface area contributed by atoms with Gasteiger partial charge in [0.15, 0.2) is 0 Å². The van der Waals surface area contributed by atoms with E-state index in [4.69, 9.17) is 14.5 Å². The van der Waals surface area contributed by atoms with E-state index in [1.54, 1.807) is 25.7 Å². The molecule has 1 amide bonds. The van der Waals surface area contributed by atoms with Gasteiger partial charge in [-0.15, -0.1) is 0 Å². The molecule has 150 valence electrons. The molecule has 0 atom stereocenters. The lowest BCUT2D eigenvalue weighted by molar-refractivity contribution is -0.119. The van der Waals surface area contributed by atoms with Gasteiger partial charge in [-0.05, 0) is 36.4 Å². The topological polar surface area (TPSA) is 86.2 Å². The summed E-state index contributed by atoms with van der Waals surface area (Å²) in [7, 11) is 3.03. The summed E-state index contributed by atoms with van der Waals surface area (Å²) in [5.74, 6) is 0.240. The van der Waals surface area contributed by atoms with E-state index in [2.05, 4.69) is 15.3 Å². The number of ether oxygens (including phenoxy) is 2.